The van der Waals surface area contributed by atoms with Crippen molar-refractivity contribution in [2.45, 2.75) is 50.5 Å². The molecule has 160 valence electrons. The molecule has 2 aromatic heterocycles. The predicted molar refractivity (Wildman–Crippen MR) is 116 cm³/mol. The first-order valence-corrected chi connectivity index (χ1v) is 11.0. The molecule has 4 rings (SSSR count). The molecule has 0 radical (unpaired) electrons. The van der Waals surface area contributed by atoms with Crippen LogP contribution < -0.4 is 4.90 Å². The summed E-state index contributed by atoms with van der Waals surface area (Å²) in [5.41, 5.74) is 1.96. The lowest BCUT2D eigenvalue weighted by molar-refractivity contribution is -0.136. The number of aromatic nitrogens is 3. The van der Waals surface area contributed by atoms with Crippen LogP contribution in [0.3, 0.4) is 0 Å². The van der Waals surface area contributed by atoms with E-state index in [1.807, 2.05) is 36.0 Å². The number of ether oxygens (including phenoxy) is 1. The van der Waals surface area contributed by atoms with Crippen molar-refractivity contribution in [3.05, 3.63) is 36.3 Å². The highest BCUT2D eigenvalue weighted by Gasteiger charge is 2.28. The number of pyridine rings is 1. The zero-order valence-electron chi connectivity index (χ0n) is 18.0. The summed E-state index contributed by atoms with van der Waals surface area (Å²) in [4.78, 5) is 30.6. The van der Waals surface area contributed by atoms with Gasteiger partial charge in [0.25, 0.3) is 0 Å². The first-order chi connectivity index (χ1) is 14.6. The predicted octanol–water partition coefficient (Wildman–Crippen LogP) is 3.27. The Morgan fingerprint density at radius 1 is 1.17 bits per heavy atom. The molecule has 2 saturated heterocycles. The molecule has 0 spiro atoms. The van der Waals surface area contributed by atoms with Crippen molar-refractivity contribution in [1.29, 1.82) is 0 Å². The van der Waals surface area contributed by atoms with Gasteiger partial charge in [0.1, 0.15) is 5.82 Å². The lowest BCUT2D eigenvalue weighted by Crippen LogP contribution is -2.41. The second kappa shape index (κ2) is 9.51. The van der Waals surface area contributed by atoms with E-state index in [0.29, 0.717) is 18.8 Å². The maximum Gasteiger partial charge on any atom is 0.225 e. The van der Waals surface area contributed by atoms with Crippen molar-refractivity contribution in [2.75, 3.05) is 38.7 Å². The fourth-order valence-corrected chi connectivity index (χ4v) is 4.26. The number of hydrogen-bond donors (Lipinski definition) is 0. The molecule has 2 aromatic rings. The highest BCUT2D eigenvalue weighted by Crippen LogP contribution is 2.30. The smallest absolute Gasteiger partial charge is 0.225 e. The van der Waals surface area contributed by atoms with Gasteiger partial charge >= 0.3 is 0 Å². The van der Waals surface area contributed by atoms with Gasteiger partial charge in [0.05, 0.1) is 18.2 Å². The van der Waals surface area contributed by atoms with Crippen LogP contribution in [0.25, 0.3) is 11.4 Å². The summed E-state index contributed by atoms with van der Waals surface area (Å²) in [6, 6.07) is 5.92. The molecule has 2 fully saturated rings. The molecule has 7 nitrogen and oxygen atoms in total. The minimum Gasteiger partial charge on any atom is -0.378 e. The third-order valence-electron chi connectivity index (χ3n) is 6.00. The SMILES string of the molecule is CN(C)c1cc(C2CCCN(C(=O)CC3CCCCO3)C2)nc(-c2ccncc2)n1. The summed E-state index contributed by atoms with van der Waals surface area (Å²) < 4.78 is 5.78. The molecular formula is C23H31N5O2. The molecule has 0 bridgehead atoms. The number of likely N-dealkylation sites (tertiary alicyclic amines) is 1. The fraction of sp³-hybridized carbons (Fsp3) is 0.565. The monoisotopic (exact) mass is 409 g/mol. The van der Waals surface area contributed by atoms with E-state index in [1.54, 1.807) is 12.4 Å². The zero-order valence-corrected chi connectivity index (χ0v) is 18.0. The van der Waals surface area contributed by atoms with E-state index < -0.39 is 0 Å². The maximum atomic E-state index is 12.9. The Kier molecular flexibility index (Phi) is 6.57. The van der Waals surface area contributed by atoms with Gasteiger partial charge in [-0.15, -0.1) is 0 Å². The van der Waals surface area contributed by atoms with E-state index in [0.717, 1.165) is 62.3 Å². The Balaban J connectivity index is 1.52. The number of carbonyl (C=O) groups excluding carboxylic acids is 1. The summed E-state index contributed by atoms with van der Waals surface area (Å²) >= 11 is 0. The Bertz CT molecular complexity index is 852. The van der Waals surface area contributed by atoms with Crippen LogP contribution in [-0.4, -0.2) is 65.7 Å². The normalized spacial score (nSPS) is 22.0. The van der Waals surface area contributed by atoms with Gasteiger partial charge in [0.2, 0.25) is 5.91 Å². The van der Waals surface area contributed by atoms with Crippen LogP contribution >= 0.6 is 0 Å². The fourth-order valence-electron chi connectivity index (χ4n) is 4.26. The van der Waals surface area contributed by atoms with E-state index in [9.17, 15) is 4.79 Å². The van der Waals surface area contributed by atoms with Gasteiger partial charge in [-0.05, 0) is 44.2 Å². The Morgan fingerprint density at radius 3 is 2.73 bits per heavy atom. The standard InChI is InChI=1S/C23H31N5O2/c1-27(2)21-15-20(25-23(26-21)17-8-10-24-11-9-17)18-6-5-12-28(16-18)22(29)14-19-7-3-4-13-30-19/h8-11,15,18-19H,3-7,12-14,16H2,1-2H3. The van der Waals surface area contributed by atoms with E-state index in [-0.39, 0.29) is 17.9 Å². The zero-order chi connectivity index (χ0) is 20.9. The van der Waals surface area contributed by atoms with E-state index in [4.69, 9.17) is 14.7 Å². The Morgan fingerprint density at radius 2 is 2.00 bits per heavy atom. The van der Waals surface area contributed by atoms with Crippen molar-refractivity contribution in [3.63, 3.8) is 0 Å². The molecule has 7 heteroatoms. The molecule has 30 heavy (non-hydrogen) atoms. The van der Waals surface area contributed by atoms with Crippen molar-refractivity contribution in [2.24, 2.45) is 0 Å². The summed E-state index contributed by atoms with van der Waals surface area (Å²) in [5, 5.41) is 0. The Labute approximate surface area is 178 Å². The topological polar surface area (TPSA) is 71.5 Å². The molecular weight excluding hydrogens is 378 g/mol. The van der Waals surface area contributed by atoms with Crippen molar-refractivity contribution >= 4 is 11.7 Å². The number of amides is 1. The van der Waals surface area contributed by atoms with Gasteiger partial charge in [-0.2, -0.15) is 0 Å². The number of hydrogen-bond acceptors (Lipinski definition) is 6. The minimum absolute atomic E-state index is 0.0873. The van der Waals surface area contributed by atoms with E-state index in [2.05, 4.69) is 11.1 Å². The summed E-state index contributed by atoms with van der Waals surface area (Å²) in [7, 11) is 3.98. The van der Waals surface area contributed by atoms with Crippen molar-refractivity contribution in [1.82, 2.24) is 19.9 Å². The van der Waals surface area contributed by atoms with Crippen molar-refractivity contribution < 1.29 is 9.53 Å². The quantitative estimate of drug-likeness (QED) is 0.755. The number of piperidine rings is 1. The number of anilines is 1. The van der Waals surface area contributed by atoms with Crippen LogP contribution in [0, 0.1) is 0 Å². The van der Waals surface area contributed by atoms with Crippen LogP contribution in [0.5, 0.6) is 0 Å². The Hall–Kier alpha value is -2.54. The molecule has 0 aliphatic carbocycles. The number of carbonyl (C=O) groups is 1. The lowest BCUT2D eigenvalue weighted by atomic mass is 9.93. The molecule has 0 saturated carbocycles. The second-order valence-corrected chi connectivity index (χ2v) is 8.48. The molecule has 2 unspecified atom stereocenters. The van der Waals surface area contributed by atoms with Gasteiger partial charge in [-0.3, -0.25) is 9.78 Å². The molecule has 0 aromatic carbocycles. The number of nitrogens with zero attached hydrogens (tertiary/aromatic N) is 5. The molecule has 2 aliphatic rings. The first kappa shape index (κ1) is 20.7. The number of rotatable bonds is 5. The van der Waals surface area contributed by atoms with Gasteiger partial charge in [-0.1, -0.05) is 0 Å². The molecule has 2 atom stereocenters. The van der Waals surface area contributed by atoms with Gasteiger partial charge < -0.3 is 14.5 Å². The van der Waals surface area contributed by atoms with Gasteiger partial charge in [-0.25, -0.2) is 9.97 Å². The van der Waals surface area contributed by atoms with Crippen LogP contribution in [-0.2, 0) is 9.53 Å². The minimum atomic E-state index is 0.0873. The summed E-state index contributed by atoms with van der Waals surface area (Å²) in [6.45, 7) is 2.32. The molecule has 4 heterocycles. The van der Waals surface area contributed by atoms with E-state index >= 15 is 0 Å². The molecule has 0 N–H and O–H groups in total. The highest BCUT2D eigenvalue weighted by atomic mass is 16.5. The van der Waals surface area contributed by atoms with Gasteiger partial charge in [0, 0.05) is 63.7 Å². The third kappa shape index (κ3) is 4.95. The average molecular weight is 410 g/mol. The average Bonchev–Trinajstić information content (AvgIpc) is 2.80. The third-order valence-corrected chi connectivity index (χ3v) is 6.00. The van der Waals surface area contributed by atoms with Crippen LogP contribution in [0.2, 0.25) is 0 Å². The highest BCUT2D eigenvalue weighted by molar-refractivity contribution is 5.77. The second-order valence-electron chi connectivity index (χ2n) is 8.48. The van der Waals surface area contributed by atoms with Crippen LogP contribution in [0.15, 0.2) is 30.6 Å². The van der Waals surface area contributed by atoms with Crippen molar-refractivity contribution in [3.8, 4) is 11.4 Å². The van der Waals surface area contributed by atoms with Gasteiger partial charge in [0.15, 0.2) is 5.82 Å². The maximum absolute atomic E-state index is 12.9. The first-order valence-electron chi connectivity index (χ1n) is 11.0. The largest absolute Gasteiger partial charge is 0.378 e. The summed E-state index contributed by atoms with van der Waals surface area (Å²) in [6.07, 6.45) is 9.40. The van der Waals surface area contributed by atoms with Crippen LogP contribution in [0.1, 0.15) is 50.1 Å². The van der Waals surface area contributed by atoms with Crippen LogP contribution in [0.4, 0.5) is 5.82 Å². The molecule has 1 amide bonds. The lowest BCUT2D eigenvalue weighted by Gasteiger charge is -2.34. The van der Waals surface area contributed by atoms with E-state index in [1.165, 1.54) is 0 Å². The summed E-state index contributed by atoms with van der Waals surface area (Å²) in [5.74, 6) is 2.02. The molecule has 2 aliphatic heterocycles.